The van der Waals surface area contributed by atoms with Crippen LogP contribution in [0.15, 0.2) is 83.3 Å². The molecule has 0 aliphatic heterocycles. The van der Waals surface area contributed by atoms with Crippen LogP contribution in [0.1, 0.15) is 41.0 Å². The van der Waals surface area contributed by atoms with Gasteiger partial charge < -0.3 is 14.8 Å². The molecule has 1 aromatic heterocycles. The Morgan fingerprint density at radius 3 is 2.42 bits per heavy atom. The molecular formula is C29H31BrN4O2. The van der Waals surface area contributed by atoms with Gasteiger partial charge in [-0.3, -0.25) is 9.59 Å². The van der Waals surface area contributed by atoms with Crippen LogP contribution in [0.5, 0.6) is 0 Å². The van der Waals surface area contributed by atoms with Crippen molar-refractivity contribution in [2.24, 2.45) is 0 Å². The molecule has 186 valence electrons. The molecule has 4 rings (SSSR count). The van der Waals surface area contributed by atoms with Crippen LogP contribution < -0.4 is 5.32 Å². The van der Waals surface area contributed by atoms with Crippen LogP contribution in [-0.4, -0.2) is 39.9 Å². The Hall–Kier alpha value is -3.45. The van der Waals surface area contributed by atoms with Crippen LogP contribution in [0.3, 0.4) is 0 Å². The third kappa shape index (κ3) is 6.82. The summed E-state index contributed by atoms with van der Waals surface area (Å²) in [4.78, 5) is 31.9. The van der Waals surface area contributed by atoms with Gasteiger partial charge in [0.05, 0.1) is 11.0 Å². The fraction of sp³-hybridized carbons (Fsp3) is 0.276. The second-order valence-corrected chi connectivity index (χ2v) is 9.83. The molecule has 1 N–H and O–H groups in total. The van der Waals surface area contributed by atoms with Gasteiger partial charge in [0.1, 0.15) is 12.4 Å². The number of rotatable bonds is 11. The predicted octanol–water partition coefficient (Wildman–Crippen LogP) is 5.60. The molecule has 2 amide bonds. The van der Waals surface area contributed by atoms with Crippen LogP contribution in [0, 0.1) is 0 Å². The monoisotopic (exact) mass is 546 g/mol. The fourth-order valence-electron chi connectivity index (χ4n) is 4.18. The maximum atomic E-state index is 13.1. The SMILES string of the molecule is CN(Cc1ccccc1)C(=O)Cn1c(CCCCCNC(=O)c2ccc(Br)cc2)nc2ccccc21. The number of carbonyl (C=O) groups excluding carboxylic acids is 2. The van der Waals surface area contributed by atoms with E-state index in [9.17, 15) is 9.59 Å². The van der Waals surface area contributed by atoms with E-state index >= 15 is 0 Å². The first-order chi connectivity index (χ1) is 17.5. The Morgan fingerprint density at radius 2 is 1.64 bits per heavy atom. The minimum Gasteiger partial charge on any atom is -0.352 e. The number of unbranched alkanes of at least 4 members (excludes halogenated alkanes) is 2. The van der Waals surface area contributed by atoms with E-state index in [0.29, 0.717) is 18.7 Å². The summed E-state index contributed by atoms with van der Waals surface area (Å²) in [5, 5.41) is 2.98. The number of para-hydroxylation sites is 2. The Labute approximate surface area is 220 Å². The Bertz CT molecular complexity index is 1300. The maximum Gasteiger partial charge on any atom is 0.251 e. The first-order valence-corrected chi connectivity index (χ1v) is 13.1. The van der Waals surface area contributed by atoms with Crippen LogP contribution in [0.4, 0.5) is 0 Å². The topological polar surface area (TPSA) is 67.2 Å². The van der Waals surface area contributed by atoms with E-state index < -0.39 is 0 Å². The number of nitrogens with one attached hydrogen (secondary N) is 1. The second-order valence-electron chi connectivity index (χ2n) is 8.91. The van der Waals surface area contributed by atoms with Crippen LogP contribution in [-0.2, 0) is 24.3 Å². The number of halogens is 1. The highest BCUT2D eigenvalue weighted by atomic mass is 79.9. The van der Waals surface area contributed by atoms with E-state index in [1.165, 1.54) is 0 Å². The van der Waals surface area contributed by atoms with Gasteiger partial charge in [-0.1, -0.05) is 64.8 Å². The van der Waals surface area contributed by atoms with Crippen molar-refractivity contribution in [2.75, 3.05) is 13.6 Å². The fourth-order valence-corrected chi connectivity index (χ4v) is 4.45. The summed E-state index contributed by atoms with van der Waals surface area (Å²) in [6, 6.07) is 25.3. The summed E-state index contributed by atoms with van der Waals surface area (Å²) < 4.78 is 3.00. The molecule has 0 saturated heterocycles. The molecule has 0 aliphatic carbocycles. The van der Waals surface area contributed by atoms with Gasteiger partial charge in [0.15, 0.2) is 0 Å². The van der Waals surface area contributed by atoms with Crippen molar-refractivity contribution >= 4 is 38.8 Å². The summed E-state index contributed by atoms with van der Waals surface area (Å²) in [7, 11) is 1.84. The summed E-state index contributed by atoms with van der Waals surface area (Å²) in [5.41, 5.74) is 3.66. The molecule has 0 bridgehead atoms. The van der Waals surface area contributed by atoms with E-state index in [1.54, 1.807) is 4.90 Å². The third-order valence-electron chi connectivity index (χ3n) is 6.18. The number of hydrogen-bond acceptors (Lipinski definition) is 3. The van der Waals surface area contributed by atoms with Crippen molar-refractivity contribution in [3.05, 3.63) is 100 Å². The average Bonchev–Trinajstić information content (AvgIpc) is 3.24. The molecule has 36 heavy (non-hydrogen) atoms. The molecule has 0 aliphatic rings. The molecular weight excluding hydrogens is 516 g/mol. The number of aryl methyl sites for hydroxylation is 1. The molecule has 0 atom stereocenters. The first kappa shape index (κ1) is 25.6. The number of fused-ring (bicyclic) bond motifs is 1. The van der Waals surface area contributed by atoms with Gasteiger partial charge >= 0.3 is 0 Å². The van der Waals surface area contributed by atoms with E-state index in [0.717, 1.165) is 52.6 Å². The van der Waals surface area contributed by atoms with Gasteiger partial charge in [-0.15, -0.1) is 0 Å². The van der Waals surface area contributed by atoms with E-state index in [4.69, 9.17) is 4.98 Å². The Morgan fingerprint density at radius 1 is 0.917 bits per heavy atom. The molecule has 0 radical (unpaired) electrons. The van der Waals surface area contributed by atoms with Crippen molar-refractivity contribution in [3.8, 4) is 0 Å². The minimum absolute atomic E-state index is 0.0533. The van der Waals surface area contributed by atoms with Gasteiger partial charge in [-0.2, -0.15) is 0 Å². The lowest BCUT2D eigenvalue weighted by atomic mass is 10.1. The van der Waals surface area contributed by atoms with E-state index in [-0.39, 0.29) is 18.4 Å². The molecule has 7 heteroatoms. The molecule has 6 nitrogen and oxygen atoms in total. The molecule has 0 spiro atoms. The molecule has 3 aromatic carbocycles. The standard InChI is InChI=1S/C29H31BrN4O2/c1-33(20-22-10-4-2-5-11-22)28(35)21-34-26-13-8-7-12-25(26)32-27(34)14-6-3-9-19-31-29(36)23-15-17-24(30)18-16-23/h2,4-5,7-8,10-13,15-18H,3,6,9,14,19-21H2,1H3,(H,31,36). The number of amides is 2. The lowest BCUT2D eigenvalue weighted by molar-refractivity contribution is -0.131. The van der Waals surface area contributed by atoms with Crippen molar-refractivity contribution in [3.63, 3.8) is 0 Å². The molecule has 0 unspecified atom stereocenters. The predicted molar refractivity (Wildman–Crippen MR) is 147 cm³/mol. The van der Waals surface area contributed by atoms with Gasteiger partial charge in [0.25, 0.3) is 5.91 Å². The molecule has 4 aromatic rings. The summed E-state index contributed by atoms with van der Waals surface area (Å²) in [5.74, 6) is 0.929. The number of hydrogen-bond donors (Lipinski definition) is 1. The average molecular weight is 547 g/mol. The number of aromatic nitrogens is 2. The number of imidazole rings is 1. The van der Waals surface area contributed by atoms with Gasteiger partial charge in [-0.25, -0.2) is 4.98 Å². The van der Waals surface area contributed by atoms with Crippen molar-refractivity contribution in [2.45, 2.75) is 38.8 Å². The van der Waals surface area contributed by atoms with Gasteiger partial charge in [0, 0.05) is 36.6 Å². The Kier molecular flexibility index (Phi) is 8.90. The van der Waals surface area contributed by atoms with Crippen molar-refractivity contribution in [1.29, 1.82) is 0 Å². The smallest absolute Gasteiger partial charge is 0.251 e. The zero-order chi connectivity index (χ0) is 25.3. The minimum atomic E-state index is -0.0533. The molecule has 0 saturated carbocycles. The number of likely N-dealkylation sites (N-methyl/N-ethyl adjacent to an activating group) is 1. The number of benzene rings is 3. The van der Waals surface area contributed by atoms with Gasteiger partial charge in [-0.05, 0) is 54.8 Å². The quantitative estimate of drug-likeness (QED) is 0.249. The third-order valence-corrected chi connectivity index (χ3v) is 6.71. The van der Waals surface area contributed by atoms with Crippen LogP contribution in [0.25, 0.3) is 11.0 Å². The van der Waals surface area contributed by atoms with E-state index in [2.05, 4.69) is 25.8 Å². The lowest BCUT2D eigenvalue weighted by Gasteiger charge is -2.19. The summed E-state index contributed by atoms with van der Waals surface area (Å²) in [6.07, 6.45) is 3.57. The van der Waals surface area contributed by atoms with Crippen LogP contribution >= 0.6 is 15.9 Å². The lowest BCUT2D eigenvalue weighted by Crippen LogP contribution is -2.30. The first-order valence-electron chi connectivity index (χ1n) is 12.3. The summed E-state index contributed by atoms with van der Waals surface area (Å²) >= 11 is 3.38. The number of nitrogens with zero attached hydrogens (tertiary/aromatic N) is 3. The zero-order valence-electron chi connectivity index (χ0n) is 20.5. The normalized spacial score (nSPS) is 10.9. The van der Waals surface area contributed by atoms with Crippen molar-refractivity contribution < 1.29 is 9.59 Å². The van der Waals surface area contributed by atoms with Crippen LogP contribution in [0.2, 0.25) is 0 Å². The zero-order valence-corrected chi connectivity index (χ0v) is 22.1. The highest BCUT2D eigenvalue weighted by Gasteiger charge is 2.16. The maximum absolute atomic E-state index is 13.1. The van der Waals surface area contributed by atoms with E-state index in [1.807, 2.05) is 85.9 Å². The largest absolute Gasteiger partial charge is 0.352 e. The highest BCUT2D eigenvalue weighted by molar-refractivity contribution is 9.10. The highest BCUT2D eigenvalue weighted by Crippen LogP contribution is 2.19. The molecule has 0 fully saturated rings. The molecule has 1 heterocycles. The number of carbonyl (C=O) groups is 2. The Balaban J connectivity index is 1.30. The van der Waals surface area contributed by atoms with Crippen molar-refractivity contribution in [1.82, 2.24) is 19.8 Å². The summed E-state index contributed by atoms with van der Waals surface area (Å²) in [6.45, 7) is 1.48. The second kappa shape index (κ2) is 12.5. The van der Waals surface area contributed by atoms with Gasteiger partial charge in [0.2, 0.25) is 5.91 Å².